The van der Waals surface area contributed by atoms with Crippen LogP contribution in [0.25, 0.3) is 11.3 Å². The van der Waals surface area contributed by atoms with Crippen molar-refractivity contribution in [2.75, 3.05) is 6.54 Å². The summed E-state index contributed by atoms with van der Waals surface area (Å²) in [5, 5.41) is 22.6. The first kappa shape index (κ1) is 15.2. The van der Waals surface area contributed by atoms with Gasteiger partial charge in [-0.05, 0) is 17.5 Å². The zero-order valence-electron chi connectivity index (χ0n) is 11.8. The van der Waals surface area contributed by atoms with Gasteiger partial charge in [0.15, 0.2) is 0 Å². The molecule has 0 spiro atoms. The zero-order valence-corrected chi connectivity index (χ0v) is 11.8. The highest BCUT2D eigenvalue weighted by Crippen LogP contribution is 2.22. The molecule has 0 aliphatic heterocycles. The van der Waals surface area contributed by atoms with Crippen LogP contribution in [0, 0.1) is 0 Å². The minimum Gasteiger partial charge on any atom is -0.390 e. The Balaban J connectivity index is 1.96. The van der Waals surface area contributed by atoms with E-state index in [4.69, 9.17) is 0 Å². The number of aliphatic hydroxyl groups excluding tert-OH is 2. The predicted molar refractivity (Wildman–Crippen MR) is 78.3 cm³/mol. The fourth-order valence-corrected chi connectivity index (χ4v) is 2.05. The van der Waals surface area contributed by atoms with Crippen LogP contribution in [0.2, 0.25) is 0 Å². The standard InChI is InChI=1S/C15H19N3O3/c1-10(19)17-7-6-14(20)15(21)12-4-2-11(3-5-12)13-8-16-9-18-13/h2-5,8-9,14-15,20-21H,6-7H2,1H3,(H,16,18)(H,17,19). The minimum atomic E-state index is -0.977. The van der Waals surface area contributed by atoms with Crippen LogP contribution in [-0.4, -0.2) is 38.7 Å². The van der Waals surface area contributed by atoms with Crippen molar-refractivity contribution in [3.05, 3.63) is 42.4 Å². The van der Waals surface area contributed by atoms with Gasteiger partial charge in [0.25, 0.3) is 0 Å². The molecule has 2 atom stereocenters. The number of aliphatic hydroxyl groups is 2. The maximum absolute atomic E-state index is 10.8. The Labute approximate surface area is 122 Å². The summed E-state index contributed by atoms with van der Waals surface area (Å²) in [6.45, 7) is 1.75. The summed E-state index contributed by atoms with van der Waals surface area (Å²) >= 11 is 0. The van der Waals surface area contributed by atoms with Crippen LogP contribution in [0.15, 0.2) is 36.8 Å². The van der Waals surface area contributed by atoms with Gasteiger partial charge >= 0.3 is 0 Å². The molecule has 6 nitrogen and oxygen atoms in total. The smallest absolute Gasteiger partial charge is 0.216 e. The number of benzene rings is 1. The van der Waals surface area contributed by atoms with Crippen molar-refractivity contribution in [3.8, 4) is 11.3 Å². The summed E-state index contributed by atoms with van der Waals surface area (Å²) in [7, 11) is 0. The molecule has 1 aromatic carbocycles. The van der Waals surface area contributed by atoms with E-state index in [1.165, 1.54) is 6.92 Å². The van der Waals surface area contributed by atoms with Gasteiger partial charge in [0.05, 0.1) is 24.3 Å². The van der Waals surface area contributed by atoms with Gasteiger partial charge < -0.3 is 20.5 Å². The van der Waals surface area contributed by atoms with E-state index in [1.54, 1.807) is 24.7 Å². The van der Waals surface area contributed by atoms with E-state index in [2.05, 4.69) is 15.3 Å². The number of nitrogens with one attached hydrogen (secondary N) is 2. The highest BCUT2D eigenvalue weighted by Gasteiger charge is 2.18. The molecule has 4 N–H and O–H groups in total. The number of carbonyl (C=O) groups is 1. The third-order valence-corrected chi connectivity index (χ3v) is 3.24. The van der Waals surface area contributed by atoms with E-state index < -0.39 is 12.2 Å². The van der Waals surface area contributed by atoms with Crippen LogP contribution < -0.4 is 5.32 Å². The number of aromatic amines is 1. The van der Waals surface area contributed by atoms with Crippen LogP contribution in [0.5, 0.6) is 0 Å². The van der Waals surface area contributed by atoms with Crippen LogP contribution in [-0.2, 0) is 4.79 Å². The highest BCUT2D eigenvalue weighted by molar-refractivity contribution is 5.72. The second-order valence-corrected chi connectivity index (χ2v) is 4.87. The van der Waals surface area contributed by atoms with Crippen molar-refractivity contribution in [3.63, 3.8) is 0 Å². The number of carbonyl (C=O) groups excluding carboxylic acids is 1. The molecule has 0 bridgehead atoms. The Kier molecular flexibility index (Phi) is 5.08. The Morgan fingerprint density at radius 1 is 1.33 bits per heavy atom. The molecular weight excluding hydrogens is 270 g/mol. The minimum absolute atomic E-state index is 0.152. The second-order valence-electron chi connectivity index (χ2n) is 4.87. The third kappa shape index (κ3) is 4.14. The van der Waals surface area contributed by atoms with Crippen molar-refractivity contribution in [2.45, 2.75) is 25.6 Å². The lowest BCUT2D eigenvalue weighted by Gasteiger charge is -2.18. The summed E-state index contributed by atoms with van der Waals surface area (Å²) in [5.41, 5.74) is 2.48. The van der Waals surface area contributed by atoms with Gasteiger partial charge in [0.1, 0.15) is 6.10 Å². The molecule has 2 rings (SSSR count). The number of amides is 1. The van der Waals surface area contributed by atoms with Gasteiger partial charge in [-0.25, -0.2) is 4.98 Å². The molecule has 0 saturated heterocycles. The molecule has 2 aromatic rings. The molecule has 1 amide bonds. The number of nitrogens with zero attached hydrogens (tertiary/aromatic N) is 1. The number of hydrogen-bond donors (Lipinski definition) is 4. The van der Waals surface area contributed by atoms with Gasteiger partial charge in [-0.3, -0.25) is 4.79 Å². The lowest BCUT2D eigenvalue weighted by Crippen LogP contribution is -2.27. The van der Waals surface area contributed by atoms with Crippen LogP contribution in [0.4, 0.5) is 0 Å². The number of aromatic nitrogens is 2. The maximum atomic E-state index is 10.8. The molecule has 0 saturated carbocycles. The maximum Gasteiger partial charge on any atom is 0.216 e. The summed E-state index contributed by atoms with van der Waals surface area (Å²) in [4.78, 5) is 17.7. The monoisotopic (exact) mass is 289 g/mol. The first-order valence-corrected chi connectivity index (χ1v) is 6.77. The zero-order chi connectivity index (χ0) is 15.2. The topological polar surface area (TPSA) is 98.2 Å². The van der Waals surface area contributed by atoms with E-state index in [-0.39, 0.29) is 5.91 Å². The lowest BCUT2D eigenvalue weighted by atomic mass is 10.00. The molecule has 112 valence electrons. The van der Waals surface area contributed by atoms with E-state index in [1.807, 2.05) is 12.1 Å². The number of rotatable bonds is 6. The van der Waals surface area contributed by atoms with Crippen molar-refractivity contribution in [1.29, 1.82) is 0 Å². The summed E-state index contributed by atoms with van der Waals surface area (Å²) in [6.07, 6.45) is 1.71. The van der Waals surface area contributed by atoms with Gasteiger partial charge in [-0.2, -0.15) is 0 Å². The Morgan fingerprint density at radius 3 is 2.62 bits per heavy atom. The quantitative estimate of drug-likeness (QED) is 0.637. The largest absolute Gasteiger partial charge is 0.390 e. The molecule has 21 heavy (non-hydrogen) atoms. The predicted octanol–water partition coefficient (Wildman–Crippen LogP) is 0.997. The summed E-state index contributed by atoms with van der Waals surface area (Å²) in [5.74, 6) is -0.152. The Hall–Kier alpha value is -2.18. The molecule has 2 unspecified atom stereocenters. The first-order valence-electron chi connectivity index (χ1n) is 6.77. The van der Waals surface area contributed by atoms with E-state index in [9.17, 15) is 15.0 Å². The van der Waals surface area contributed by atoms with E-state index in [0.29, 0.717) is 18.5 Å². The van der Waals surface area contributed by atoms with Crippen molar-refractivity contribution >= 4 is 5.91 Å². The van der Waals surface area contributed by atoms with E-state index in [0.717, 1.165) is 11.3 Å². The molecule has 0 radical (unpaired) electrons. The van der Waals surface area contributed by atoms with Gasteiger partial charge in [0, 0.05) is 13.5 Å². The normalized spacial score (nSPS) is 13.7. The number of H-pyrrole nitrogens is 1. The van der Waals surface area contributed by atoms with Crippen LogP contribution in [0.3, 0.4) is 0 Å². The Bertz CT molecular complexity index is 566. The summed E-state index contributed by atoms with van der Waals surface area (Å²) in [6, 6.07) is 7.24. The van der Waals surface area contributed by atoms with Crippen molar-refractivity contribution in [2.24, 2.45) is 0 Å². The SMILES string of the molecule is CC(=O)NCCC(O)C(O)c1ccc(-c2cnc[nH]2)cc1. The molecule has 6 heteroatoms. The Morgan fingerprint density at radius 2 is 2.05 bits per heavy atom. The van der Waals surface area contributed by atoms with Gasteiger partial charge in [0.2, 0.25) is 5.91 Å². The second kappa shape index (κ2) is 7.01. The average Bonchev–Trinajstić information content (AvgIpc) is 3.00. The molecule has 0 fully saturated rings. The first-order chi connectivity index (χ1) is 10.1. The number of hydrogen-bond acceptors (Lipinski definition) is 4. The molecule has 1 heterocycles. The van der Waals surface area contributed by atoms with Crippen LogP contribution in [0.1, 0.15) is 25.0 Å². The lowest BCUT2D eigenvalue weighted by molar-refractivity contribution is -0.119. The molecule has 0 aliphatic rings. The average molecular weight is 289 g/mol. The third-order valence-electron chi connectivity index (χ3n) is 3.24. The number of imidazole rings is 1. The molecular formula is C15H19N3O3. The van der Waals surface area contributed by atoms with Crippen LogP contribution >= 0.6 is 0 Å². The summed E-state index contributed by atoms with van der Waals surface area (Å²) < 4.78 is 0. The van der Waals surface area contributed by atoms with E-state index >= 15 is 0 Å². The molecule has 1 aromatic heterocycles. The fourth-order valence-electron chi connectivity index (χ4n) is 2.05. The molecule has 0 aliphatic carbocycles. The fraction of sp³-hybridized carbons (Fsp3) is 0.333. The highest BCUT2D eigenvalue weighted by atomic mass is 16.3. The van der Waals surface area contributed by atoms with Crippen molar-refractivity contribution < 1.29 is 15.0 Å². The van der Waals surface area contributed by atoms with Gasteiger partial charge in [-0.15, -0.1) is 0 Å². The van der Waals surface area contributed by atoms with Gasteiger partial charge in [-0.1, -0.05) is 24.3 Å². The van der Waals surface area contributed by atoms with Crippen molar-refractivity contribution in [1.82, 2.24) is 15.3 Å².